The van der Waals surface area contributed by atoms with Crippen molar-refractivity contribution in [3.63, 3.8) is 0 Å². The average molecular weight is 285 g/mol. The molecule has 1 rings (SSSR count). The van der Waals surface area contributed by atoms with Crippen molar-refractivity contribution in [2.45, 2.75) is 39.4 Å². The predicted molar refractivity (Wildman–Crippen MR) is 75.2 cm³/mol. The van der Waals surface area contributed by atoms with Gasteiger partial charge in [0.15, 0.2) is 0 Å². The van der Waals surface area contributed by atoms with Crippen LogP contribution in [0.25, 0.3) is 0 Å². The van der Waals surface area contributed by atoms with Crippen LogP contribution in [0.15, 0.2) is 12.1 Å². The first-order chi connectivity index (χ1) is 8.45. The lowest BCUT2D eigenvalue weighted by Gasteiger charge is -2.22. The summed E-state index contributed by atoms with van der Waals surface area (Å²) in [7, 11) is -3.66. The zero-order chi connectivity index (χ0) is 15.0. The second-order valence-electron chi connectivity index (χ2n) is 5.53. The molecule has 0 spiro atoms. The van der Waals surface area contributed by atoms with Crippen molar-refractivity contribution in [3.8, 4) is 0 Å². The van der Waals surface area contributed by atoms with Crippen molar-refractivity contribution in [3.05, 3.63) is 28.8 Å². The van der Waals surface area contributed by atoms with Gasteiger partial charge >= 0.3 is 5.97 Å². The van der Waals surface area contributed by atoms with Gasteiger partial charge in [-0.05, 0) is 51.8 Å². The Balaban J connectivity index is 3.41. The largest absolute Gasteiger partial charge is 0.478 e. The molecule has 0 aliphatic carbocycles. The summed E-state index contributed by atoms with van der Waals surface area (Å²) in [6.07, 6.45) is 0. The summed E-state index contributed by atoms with van der Waals surface area (Å²) >= 11 is 0. The number of aryl methyl sites for hydroxylation is 2. The van der Waals surface area contributed by atoms with Crippen LogP contribution in [0.3, 0.4) is 0 Å². The van der Waals surface area contributed by atoms with Crippen molar-refractivity contribution < 1.29 is 18.3 Å². The molecule has 0 aliphatic rings. The van der Waals surface area contributed by atoms with Crippen LogP contribution < -0.4 is 4.72 Å². The van der Waals surface area contributed by atoms with Gasteiger partial charge in [-0.25, -0.2) is 13.2 Å². The molecular formula is C13H19NO4S. The molecule has 0 radical (unpaired) electrons. The van der Waals surface area contributed by atoms with Crippen molar-refractivity contribution in [2.24, 2.45) is 0 Å². The van der Waals surface area contributed by atoms with Crippen LogP contribution in [0.4, 0.5) is 5.69 Å². The van der Waals surface area contributed by atoms with Crippen LogP contribution in [0.5, 0.6) is 0 Å². The van der Waals surface area contributed by atoms with Crippen LogP contribution in [0.1, 0.15) is 42.3 Å². The molecule has 1 aromatic rings. The van der Waals surface area contributed by atoms with Gasteiger partial charge in [0.05, 0.1) is 16.0 Å². The highest BCUT2D eigenvalue weighted by molar-refractivity contribution is 7.94. The second kappa shape index (κ2) is 4.85. The highest BCUT2D eigenvalue weighted by Crippen LogP contribution is 2.27. The number of carboxylic acid groups (broad SMARTS) is 1. The first kappa shape index (κ1) is 15.5. The Bertz CT molecular complexity index is 612. The fraction of sp³-hybridized carbons (Fsp3) is 0.462. The molecule has 19 heavy (non-hydrogen) atoms. The molecule has 0 bridgehead atoms. The number of benzene rings is 1. The van der Waals surface area contributed by atoms with Crippen LogP contribution >= 0.6 is 0 Å². The lowest BCUT2D eigenvalue weighted by molar-refractivity contribution is 0.0698. The third kappa shape index (κ3) is 3.26. The van der Waals surface area contributed by atoms with Crippen molar-refractivity contribution in [1.82, 2.24) is 0 Å². The van der Waals surface area contributed by atoms with E-state index in [0.29, 0.717) is 5.56 Å². The van der Waals surface area contributed by atoms with E-state index in [9.17, 15) is 18.3 Å². The minimum absolute atomic E-state index is 0.0367. The summed E-state index contributed by atoms with van der Waals surface area (Å²) in [4.78, 5) is 11.2. The maximum Gasteiger partial charge on any atom is 0.337 e. The highest BCUT2D eigenvalue weighted by Gasteiger charge is 2.30. The van der Waals surface area contributed by atoms with Crippen LogP contribution in [0, 0.1) is 13.8 Å². The van der Waals surface area contributed by atoms with E-state index in [0.717, 1.165) is 5.56 Å². The molecule has 2 N–H and O–H groups in total. The zero-order valence-electron chi connectivity index (χ0n) is 11.7. The van der Waals surface area contributed by atoms with Gasteiger partial charge in [-0.1, -0.05) is 6.07 Å². The third-order valence-electron chi connectivity index (χ3n) is 2.75. The van der Waals surface area contributed by atoms with E-state index in [1.165, 1.54) is 6.07 Å². The average Bonchev–Trinajstić information content (AvgIpc) is 2.19. The number of aromatic carboxylic acids is 1. The molecule has 0 saturated carbocycles. The van der Waals surface area contributed by atoms with Gasteiger partial charge in [0.25, 0.3) is 0 Å². The van der Waals surface area contributed by atoms with Crippen LogP contribution in [0.2, 0.25) is 0 Å². The molecule has 1 aromatic carbocycles. The van der Waals surface area contributed by atoms with Gasteiger partial charge in [0, 0.05) is 0 Å². The van der Waals surface area contributed by atoms with E-state index in [2.05, 4.69) is 4.72 Å². The number of rotatable bonds is 3. The summed E-state index contributed by atoms with van der Waals surface area (Å²) in [6, 6.07) is 3.20. The molecule has 0 saturated heterocycles. The Morgan fingerprint density at radius 3 is 2.16 bits per heavy atom. The fourth-order valence-electron chi connectivity index (χ4n) is 1.56. The summed E-state index contributed by atoms with van der Waals surface area (Å²) in [5.41, 5.74) is 1.46. The first-order valence-electron chi connectivity index (χ1n) is 5.82. The molecule has 0 aromatic heterocycles. The zero-order valence-corrected chi connectivity index (χ0v) is 12.6. The number of anilines is 1. The van der Waals surface area contributed by atoms with Gasteiger partial charge in [-0.15, -0.1) is 0 Å². The van der Waals surface area contributed by atoms with E-state index in [4.69, 9.17) is 0 Å². The van der Waals surface area contributed by atoms with Gasteiger partial charge in [-0.2, -0.15) is 0 Å². The quantitative estimate of drug-likeness (QED) is 0.894. The standard InChI is InChI=1S/C13H19NO4S/c1-8-6-9(2)11(10(7-8)12(15)16)14-19(17,18)13(3,4)5/h6-7,14H,1-5H3,(H,15,16). The number of sulfonamides is 1. The Morgan fingerprint density at radius 2 is 1.74 bits per heavy atom. The summed E-state index contributed by atoms with van der Waals surface area (Å²) < 4.78 is 25.6. The van der Waals surface area contributed by atoms with Crippen molar-refractivity contribution in [2.75, 3.05) is 4.72 Å². The maximum absolute atomic E-state index is 12.1. The minimum Gasteiger partial charge on any atom is -0.478 e. The monoisotopic (exact) mass is 285 g/mol. The van der Waals surface area contributed by atoms with Gasteiger partial charge in [0.1, 0.15) is 0 Å². The lowest BCUT2D eigenvalue weighted by atomic mass is 10.0. The van der Waals surface area contributed by atoms with Crippen LogP contribution in [-0.2, 0) is 10.0 Å². The van der Waals surface area contributed by atoms with Gasteiger partial charge in [-0.3, -0.25) is 4.72 Å². The lowest BCUT2D eigenvalue weighted by Crippen LogP contribution is -2.34. The minimum atomic E-state index is -3.66. The highest BCUT2D eigenvalue weighted by atomic mass is 32.2. The normalized spacial score (nSPS) is 12.3. The maximum atomic E-state index is 12.1. The van der Waals surface area contributed by atoms with E-state index in [1.807, 2.05) is 0 Å². The van der Waals surface area contributed by atoms with Gasteiger partial charge < -0.3 is 5.11 Å². The third-order valence-corrected chi connectivity index (χ3v) is 4.84. The fourth-order valence-corrected chi connectivity index (χ4v) is 2.41. The summed E-state index contributed by atoms with van der Waals surface area (Å²) in [5.74, 6) is -1.15. The summed E-state index contributed by atoms with van der Waals surface area (Å²) in [5, 5.41) is 9.18. The molecule has 0 fully saturated rings. The van der Waals surface area contributed by atoms with Gasteiger partial charge in [0.2, 0.25) is 10.0 Å². The number of carbonyl (C=O) groups is 1. The molecular weight excluding hydrogens is 266 g/mol. The second-order valence-corrected chi connectivity index (χ2v) is 7.96. The molecule has 0 aliphatic heterocycles. The summed E-state index contributed by atoms with van der Waals surface area (Å²) in [6.45, 7) is 8.11. The number of carboxylic acids is 1. The Hall–Kier alpha value is -1.56. The van der Waals surface area contributed by atoms with E-state index in [1.54, 1.807) is 40.7 Å². The molecule has 0 atom stereocenters. The molecule has 0 unspecified atom stereocenters. The van der Waals surface area contributed by atoms with Crippen molar-refractivity contribution >= 4 is 21.7 Å². The van der Waals surface area contributed by atoms with Crippen molar-refractivity contribution in [1.29, 1.82) is 0 Å². The van der Waals surface area contributed by atoms with E-state index < -0.39 is 20.7 Å². The Kier molecular flexibility index (Phi) is 3.95. The van der Waals surface area contributed by atoms with E-state index in [-0.39, 0.29) is 11.3 Å². The Labute approximate surface area is 113 Å². The molecule has 106 valence electrons. The molecule has 0 heterocycles. The number of hydrogen-bond donors (Lipinski definition) is 2. The molecule has 5 nitrogen and oxygen atoms in total. The first-order valence-corrected chi connectivity index (χ1v) is 7.31. The smallest absolute Gasteiger partial charge is 0.337 e. The number of nitrogens with one attached hydrogen (secondary N) is 1. The van der Waals surface area contributed by atoms with E-state index >= 15 is 0 Å². The topological polar surface area (TPSA) is 83.5 Å². The molecule has 6 heteroatoms. The molecule has 0 amide bonds. The van der Waals surface area contributed by atoms with Crippen LogP contribution in [-0.4, -0.2) is 24.2 Å². The number of hydrogen-bond acceptors (Lipinski definition) is 3. The SMILES string of the molecule is Cc1cc(C)c(NS(=O)(=O)C(C)(C)C)c(C(=O)O)c1. The Morgan fingerprint density at radius 1 is 1.21 bits per heavy atom. The predicted octanol–water partition coefficient (Wildman–Crippen LogP) is 2.54.